The second-order valence-electron chi connectivity index (χ2n) is 18.5. The van der Waals surface area contributed by atoms with Crippen LogP contribution in [0.1, 0.15) is 104 Å². The molecule has 4 bridgehead atoms. The Morgan fingerprint density at radius 1 is 0.843 bits per heavy atom. The zero-order chi connectivity index (χ0) is 51.1. The first-order valence-corrected chi connectivity index (χ1v) is 23.8. The summed E-state index contributed by atoms with van der Waals surface area (Å²) in [6, 6.07) is 15.4. The minimum Gasteiger partial charge on any atom is -0.493 e. The molecule has 0 spiro atoms. The first kappa shape index (κ1) is 54.0. The van der Waals surface area contributed by atoms with Crippen LogP contribution in [0.15, 0.2) is 60.7 Å². The summed E-state index contributed by atoms with van der Waals surface area (Å²) in [5.41, 5.74) is 22.6. The summed E-state index contributed by atoms with van der Waals surface area (Å²) >= 11 is 0. The second-order valence-corrected chi connectivity index (χ2v) is 18.5. The molecule has 0 radical (unpaired) electrons. The Morgan fingerprint density at radius 3 is 2.01 bits per heavy atom. The molecule has 4 unspecified atom stereocenters. The highest BCUT2D eigenvalue weighted by Crippen LogP contribution is 2.40. The second kappa shape index (κ2) is 25.1. The van der Waals surface area contributed by atoms with Crippen LogP contribution in [-0.4, -0.2) is 109 Å². The van der Waals surface area contributed by atoms with E-state index < -0.39 is 53.7 Å². The van der Waals surface area contributed by atoms with Crippen LogP contribution in [0, 0.1) is 25.2 Å². The van der Waals surface area contributed by atoms with Gasteiger partial charge in [0.25, 0.3) is 5.91 Å². The summed E-state index contributed by atoms with van der Waals surface area (Å²) in [7, 11) is 1.44. The summed E-state index contributed by atoms with van der Waals surface area (Å²) in [6.45, 7) is 12.6. The summed E-state index contributed by atoms with van der Waals surface area (Å²) in [5, 5.41) is 20.1. The number of nitrogens with one attached hydrogen (secondary N) is 4. The average molecular weight is 960 g/mol. The van der Waals surface area contributed by atoms with Crippen molar-refractivity contribution >= 4 is 29.5 Å². The van der Waals surface area contributed by atoms with Gasteiger partial charge < -0.3 is 52.8 Å². The standard InChI is InChI=1S/C52H69N11O7/c1-31-44(32(2)59-46(58-31)35-13-16-37(17-14-35)52(4,5)6)49(66)61-40(20-23-55)51(68)63(7)45-36-15-19-43(70-27-11-9-22-54)39(30-36)38-28-34(12-18-42(38)69-26-10-8-21-53)29-41(48(65)57-25-24-56)62-47(64)33(3)60-50(45)67/h12-19,28,30,33,40-41,45H,8-11,20-23,25-27,29,53-55H2,1-7H3,(H,57,65)(H,60,67)(H,61,66)(H,62,64). The first-order valence-electron chi connectivity index (χ1n) is 23.8. The molecule has 4 atom stereocenters. The quantitative estimate of drug-likeness (QED) is 0.0521. The molecule has 5 amide bonds. The van der Waals surface area contributed by atoms with Crippen LogP contribution in [-0.2, 0) is 31.0 Å². The van der Waals surface area contributed by atoms with Crippen molar-refractivity contribution in [2.24, 2.45) is 17.2 Å². The minimum atomic E-state index is -1.39. The van der Waals surface area contributed by atoms with Crippen LogP contribution in [0.4, 0.5) is 0 Å². The maximum atomic E-state index is 14.8. The molecular weight excluding hydrogens is 891 g/mol. The third-order valence-corrected chi connectivity index (χ3v) is 12.1. The Balaban J connectivity index is 1.59. The van der Waals surface area contributed by atoms with Gasteiger partial charge in [-0.1, -0.05) is 57.2 Å². The van der Waals surface area contributed by atoms with Gasteiger partial charge >= 0.3 is 0 Å². The molecule has 70 heavy (non-hydrogen) atoms. The Labute approximate surface area is 410 Å². The molecule has 2 heterocycles. The lowest BCUT2D eigenvalue weighted by Gasteiger charge is -2.32. The molecule has 0 fully saturated rings. The monoisotopic (exact) mass is 960 g/mol. The highest BCUT2D eigenvalue weighted by molar-refractivity contribution is 6.00. The number of nitriles is 1. The molecule has 1 aromatic heterocycles. The number of unbranched alkanes of at least 4 members (excludes halogenated alkanes) is 2. The van der Waals surface area contributed by atoms with E-state index in [0.717, 1.165) is 24.0 Å². The molecular formula is C52H69N11O7. The van der Waals surface area contributed by atoms with E-state index >= 15 is 0 Å². The first-order chi connectivity index (χ1) is 33.4. The topological polar surface area (TPSA) is 283 Å². The average Bonchev–Trinajstić information content (AvgIpc) is 3.32. The van der Waals surface area contributed by atoms with Gasteiger partial charge in [-0.25, -0.2) is 9.97 Å². The molecule has 1 aliphatic rings. The third kappa shape index (κ3) is 13.9. The van der Waals surface area contributed by atoms with Gasteiger partial charge in [0.05, 0.1) is 36.2 Å². The SMILES string of the molecule is Cc1nc(-c2ccc(C(C)(C)C)cc2)nc(C)c1C(=O)NC(CCN)C(=O)N(C)C1C(=O)NC(C)C(=O)NC(C(=O)NCC#N)Cc2ccc(OCCCCN)c(c2)-c2cc1ccc2OCCCCN. The Morgan fingerprint density at radius 2 is 1.44 bits per heavy atom. The van der Waals surface area contributed by atoms with E-state index in [9.17, 15) is 29.2 Å². The molecule has 0 saturated heterocycles. The van der Waals surface area contributed by atoms with Crippen molar-refractivity contribution in [2.75, 3.05) is 46.4 Å². The van der Waals surface area contributed by atoms with Gasteiger partial charge in [-0.3, -0.25) is 24.0 Å². The number of fused-ring (bicyclic) bond motifs is 5. The van der Waals surface area contributed by atoms with Crippen LogP contribution < -0.4 is 47.9 Å². The summed E-state index contributed by atoms with van der Waals surface area (Å²) in [6.07, 6.45) is 2.81. The van der Waals surface area contributed by atoms with E-state index in [2.05, 4.69) is 52.0 Å². The molecule has 5 rings (SSSR count). The Kier molecular flexibility index (Phi) is 19.3. The molecule has 18 heteroatoms. The van der Waals surface area contributed by atoms with Crippen LogP contribution in [0.5, 0.6) is 11.5 Å². The van der Waals surface area contributed by atoms with Gasteiger partial charge in [0.1, 0.15) is 42.2 Å². The van der Waals surface area contributed by atoms with E-state index in [1.54, 1.807) is 44.2 Å². The third-order valence-electron chi connectivity index (χ3n) is 12.1. The summed E-state index contributed by atoms with van der Waals surface area (Å²) in [5.74, 6) is -1.91. The molecule has 374 valence electrons. The Bertz CT molecular complexity index is 2510. The summed E-state index contributed by atoms with van der Waals surface area (Å²) < 4.78 is 12.7. The smallest absolute Gasteiger partial charge is 0.255 e. The number of carbonyl (C=O) groups excluding carboxylic acids is 5. The van der Waals surface area contributed by atoms with Gasteiger partial charge in [-0.05, 0) is 119 Å². The van der Waals surface area contributed by atoms with E-state index in [1.807, 2.05) is 36.4 Å². The van der Waals surface area contributed by atoms with Crippen LogP contribution >= 0.6 is 0 Å². The lowest BCUT2D eigenvalue weighted by molar-refractivity contribution is -0.141. The number of benzene rings is 3. The fraction of sp³-hybridized carbons (Fsp3) is 0.462. The zero-order valence-electron chi connectivity index (χ0n) is 41.4. The lowest BCUT2D eigenvalue weighted by Crippen LogP contribution is -2.56. The number of rotatable bonds is 19. The number of nitrogens with two attached hydrogens (primary N) is 3. The summed E-state index contributed by atoms with van der Waals surface area (Å²) in [4.78, 5) is 81.7. The molecule has 4 aromatic rings. The molecule has 18 nitrogen and oxygen atoms in total. The molecule has 0 aliphatic carbocycles. The van der Waals surface area contributed by atoms with Crippen LogP contribution in [0.25, 0.3) is 22.5 Å². The number of hydrogen-bond donors (Lipinski definition) is 7. The fourth-order valence-electron chi connectivity index (χ4n) is 8.17. The van der Waals surface area contributed by atoms with Crippen LogP contribution in [0.2, 0.25) is 0 Å². The van der Waals surface area contributed by atoms with Crippen molar-refractivity contribution in [1.29, 1.82) is 5.26 Å². The van der Waals surface area contributed by atoms with E-state index in [4.69, 9.17) is 26.7 Å². The van der Waals surface area contributed by atoms with Crippen molar-refractivity contribution < 1.29 is 33.4 Å². The van der Waals surface area contributed by atoms with Crippen LogP contribution in [0.3, 0.4) is 0 Å². The Hall–Kier alpha value is -6.94. The fourth-order valence-corrected chi connectivity index (χ4v) is 8.17. The van der Waals surface area contributed by atoms with E-state index in [1.165, 1.54) is 18.9 Å². The van der Waals surface area contributed by atoms with Gasteiger partial charge in [0, 0.05) is 30.2 Å². The van der Waals surface area contributed by atoms with Gasteiger partial charge in [0.15, 0.2) is 5.82 Å². The molecule has 1 aliphatic heterocycles. The molecule has 3 aromatic carbocycles. The van der Waals surface area contributed by atoms with E-state index in [-0.39, 0.29) is 36.9 Å². The molecule has 0 saturated carbocycles. The van der Waals surface area contributed by atoms with Crippen molar-refractivity contribution in [2.45, 2.75) is 110 Å². The number of amides is 5. The number of ether oxygens (including phenoxy) is 2. The van der Waals surface area contributed by atoms with Crippen molar-refractivity contribution in [1.82, 2.24) is 36.1 Å². The number of aromatic nitrogens is 2. The maximum Gasteiger partial charge on any atom is 0.255 e. The largest absolute Gasteiger partial charge is 0.493 e. The van der Waals surface area contributed by atoms with Gasteiger partial charge in [-0.2, -0.15) is 5.26 Å². The maximum absolute atomic E-state index is 14.8. The number of nitrogens with zero attached hydrogens (tertiary/aromatic N) is 4. The zero-order valence-corrected chi connectivity index (χ0v) is 41.4. The van der Waals surface area contributed by atoms with Crippen molar-refractivity contribution in [3.8, 4) is 40.1 Å². The normalized spacial score (nSPS) is 16.4. The molecule has 10 N–H and O–H groups in total. The highest BCUT2D eigenvalue weighted by Gasteiger charge is 2.36. The van der Waals surface area contributed by atoms with Gasteiger partial charge in [-0.15, -0.1) is 0 Å². The predicted molar refractivity (Wildman–Crippen MR) is 267 cm³/mol. The van der Waals surface area contributed by atoms with E-state index in [0.29, 0.717) is 90.1 Å². The van der Waals surface area contributed by atoms with Crippen molar-refractivity contribution in [3.05, 3.63) is 94.3 Å². The van der Waals surface area contributed by atoms with Crippen molar-refractivity contribution in [3.63, 3.8) is 0 Å². The number of likely N-dealkylation sites (N-methyl/N-ethyl adjacent to an activating group) is 1. The number of hydrogen-bond acceptors (Lipinski definition) is 13. The highest BCUT2D eigenvalue weighted by atomic mass is 16.5. The lowest BCUT2D eigenvalue weighted by atomic mass is 9.86. The minimum absolute atomic E-state index is 0.00437. The van der Waals surface area contributed by atoms with Gasteiger partial charge in [0.2, 0.25) is 23.6 Å². The number of aryl methyl sites for hydroxylation is 2. The number of carbonyl (C=O) groups is 5. The predicted octanol–water partition coefficient (Wildman–Crippen LogP) is 3.79.